The van der Waals surface area contributed by atoms with Gasteiger partial charge in [-0.1, -0.05) is 35.2 Å². The zero-order valence-electron chi connectivity index (χ0n) is 18.8. The number of pyridine rings is 1. The van der Waals surface area contributed by atoms with Crippen molar-refractivity contribution in [2.75, 3.05) is 31.1 Å². The van der Waals surface area contributed by atoms with Crippen LogP contribution in [-0.2, 0) is 0 Å². The molecule has 1 aliphatic heterocycles. The van der Waals surface area contributed by atoms with Gasteiger partial charge in [-0.3, -0.25) is 4.79 Å². The SMILES string of the molecule is Cc1cc(C)cc(C(=O)N2CCN(c3ccc(-c4noc(C5CCCC5)n4)cn3)CC2)c1. The van der Waals surface area contributed by atoms with Crippen molar-refractivity contribution < 1.29 is 9.32 Å². The second-order valence-electron chi connectivity index (χ2n) is 9.00. The molecule has 0 N–H and O–H groups in total. The second-order valence-corrected chi connectivity index (χ2v) is 9.00. The maximum absolute atomic E-state index is 12.9. The fourth-order valence-corrected chi connectivity index (χ4v) is 4.82. The van der Waals surface area contributed by atoms with Crippen molar-refractivity contribution in [3.63, 3.8) is 0 Å². The Morgan fingerprint density at radius 3 is 2.38 bits per heavy atom. The molecule has 3 heterocycles. The molecule has 1 aliphatic carbocycles. The standard InChI is InChI=1S/C25H29N5O2/c1-17-13-18(2)15-21(14-17)25(31)30-11-9-29(10-12-30)22-8-7-20(16-26-22)23-27-24(32-28-23)19-5-3-4-6-19/h7-8,13-16,19H,3-6,9-12H2,1-2H3. The molecular weight excluding hydrogens is 402 g/mol. The van der Waals surface area contributed by atoms with E-state index in [0.717, 1.165) is 59.9 Å². The number of aryl methyl sites for hydroxylation is 2. The third-order valence-electron chi connectivity index (χ3n) is 6.51. The van der Waals surface area contributed by atoms with Crippen molar-refractivity contribution in [2.24, 2.45) is 0 Å². The van der Waals surface area contributed by atoms with Crippen molar-refractivity contribution in [3.05, 3.63) is 59.1 Å². The highest BCUT2D eigenvalue weighted by Crippen LogP contribution is 2.34. The zero-order chi connectivity index (χ0) is 22.1. The molecular formula is C25H29N5O2. The number of carbonyl (C=O) groups is 1. The minimum atomic E-state index is 0.106. The number of hydrogen-bond donors (Lipinski definition) is 0. The highest BCUT2D eigenvalue weighted by molar-refractivity contribution is 5.94. The predicted octanol–water partition coefficient (Wildman–Crippen LogP) is 4.37. The first kappa shape index (κ1) is 20.7. The Bertz CT molecular complexity index is 1070. The van der Waals surface area contributed by atoms with Gasteiger partial charge in [-0.2, -0.15) is 4.98 Å². The van der Waals surface area contributed by atoms with Gasteiger partial charge in [0, 0.05) is 49.4 Å². The molecule has 3 aromatic rings. The van der Waals surface area contributed by atoms with E-state index in [1.54, 1.807) is 0 Å². The van der Waals surface area contributed by atoms with Crippen molar-refractivity contribution in [1.29, 1.82) is 0 Å². The van der Waals surface area contributed by atoms with E-state index in [1.165, 1.54) is 12.8 Å². The smallest absolute Gasteiger partial charge is 0.253 e. The monoisotopic (exact) mass is 431 g/mol. The fourth-order valence-electron chi connectivity index (χ4n) is 4.82. The Morgan fingerprint density at radius 2 is 1.72 bits per heavy atom. The van der Waals surface area contributed by atoms with Crippen molar-refractivity contribution in [1.82, 2.24) is 20.0 Å². The van der Waals surface area contributed by atoms with E-state index in [1.807, 2.05) is 49.2 Å². The molecule has 166 valence electrons. The quantitative estimate of drug-likeness (QED) is 0.611. The topological polar surface area (TPSA) is 75.4 Å². The molecule has 2 aliphatic rings. The van der Waals surface area contributed by atoms with Crippen LogP contribution in [-0.4, -0.2) is 52.1 Å². The summed E-state index contributed by atoms with van der Waals surface area (Å²) in [5, 5.41) is 4.16. The average Bonchev–Trinajstić information content (AvgIpc) is 3.50. The van der Waals surface area contributed by atoms with Gasteiger partial charge in [-0.15, -0.1) is 0 Å². The molecule has 5 rings (SSSR count). The number of rotatable bonds is 4. The molecule has 1 aromatic carbocycles. The third-order valence-corrected chi connectivity index (χ3v) is 6.51. The van der Waals surface area contributed by atoms with Crippen molar-refractivity contribution in [3.8, 4) is 11.4 Å². The van der Waals surface area contributed by atoms with Gasteiger partial charge in [0.25, 0.3) is 5.91 Å². The lowest BCUT2D eigenvalue weighted by molar-refractivity contribution is 0.0746. The van der Waals surface area contributed by atoms with E-state index < -0.39 is 0 Å². The van der Waals surface area contributed by atoms with Crippen LogP contribution < -0.4 is 4.90 Å². The Hall–Kier alpha value is -3.22. The molecule has 2 fully saturated rings. The molecule has 0 bridgehead atoms. The molecule has 1 saturated heterocycles. The Balaban J connectivity index is 1.21. The Morgan fingerprint density at radius 1 is 1.00 bits per heavy atom. The fraction of sp³-hybridized carbons (Fsp3) is 0.440. The molecule has 2 aromatic heterocycles. The summed E-state index contributed by atoms with van der Waals surface area (Å²) >= 11 is 0. The van der Waals surface area contributed by atoms with Crippen LogP contribution in [0.25, 0.3) is 11.4 Å². The van der Waals surface area contributed by atoms with E-state index in [0.29, 0.717) is 24.8 Å². The number of nitrogens with zero attached hydrogens (tertiary/aromatic N) is 5. The number of carbonyl (C=O) groups excluding carboxylic acids is 1. The average molecular weight is 432 g/mol. The summed E-state index contributed by atoms with van der Waals surface area (Å²) in [6.45, 7) is 6.95. The lowest BCUT2D eigenvalue weighted by Gasteiger charge is -2.35. The van der Waals surface area contributed by atoms with Gasteiger partial charge < -0.3 is 14.3 Å². The van der Waals surface area contributed by atoms with Gasteiger partial charge in [-0.25, -0.2) is 4.98 Å². The first-order valence-corrected chi connectivity index (χ1v) is 11.5. The maximum atomic E-state index is 12.9. The summed E-state index contributed by atoms with van der Waals surface area (Å²) in [6.07, 6.45) is 6.56. The summed E-state index contributed by atoms with van der Waals surface area (Å²) in [4.78, 5) is 26.3. The molecule has 7 nitrogen and oxygen atoms in total. The number of hydrogen-bond acceptors (Lipinski definition) is 6. The summed E-state index contributed by atoms with van der Waals surface area (Å²) in [5.74, 6) is 2.79. The summed E-state index contributed by atoms with van der Waals surface area (Å²) in [5.41, 5.74) is 3.88. The minimum absolute atomic E-state index is 0.106. The van der Waals surface area contributed by atoms with Crippen LogP contribution in [0.5, 0.6) is 0 Å². The van der Waals surface area contributed by atoms with Gasteiger partial charge in [0.15, 0.2) is 0 Å². The Kier molecular flexibility index (Phi) is 5.64. The van der Waals surface area contributed by atoms with E-state index in [2.05, 4.69) is 26.1 Å². The van der Waals surface area contributed by atoms with Crippen LogP contribution in [0.15, 0.2) is 41.1 Å². The van der Waals surface area contributed by atoms with Gasteiger partial charge in [0.1, 0.15) is 5.82 Å². The number of benzene rings is 1. The van der Waals surface area contributed by atoms with Crippen LogP contribution in [0.1, 0.15) is 59.0 Å². The summed E-state index contributed by atoms with van der Waals surface area (Å²) in [6, 6.07) is 10.0. The summed E-state index contributed by atoms with van der Waals surface area (Å²) < 4.78 is 5.50. The van der Waals surface area contributed by atoms with Crippen LogP contribution in [0.4, 0.5) is 5.82 Å². The van der Waals surface area contributed by atoms with E-state index in [-0.39, 0.29) is 5.91 Å². The molecule has 0 atom stereocenters. The first-order valence-electron chi connectivity index (χ1n) is 11.5. The van der Waals surface area contributed by atoms with E-state index in [4.69, 9.17) is 4.52 Å². The van der Waals surface area contributed by atoms with E-state index in [9.17, 15) is 4.79 Å². The number of amides is 1. The number of anilines is 1. The molecule has 0 unspecified atom stereocenters. The molecule has 1 amide bonds. The second kappa shape index (κ2) is 8.73. The normalized spacial score (nSPS) is 17.2. The summed E-state index contributed by atoms with van der Waals surface area (Å²) in [7, 11) is 0. The zero-order valence-corrected chi connectivity index (χ0v) is 18.8. The van der Waals surface area contributed by atoms with Crippen LogP contribution in [0.3, 0.4) is 0 Å². The van der Waals surface area contributed by atoms with Gasteiger partial charge in [0.05, 0.1) is 0 Å². The molecule has 1 saturated carbocycles. The number of piperazine rings is 1. The van der Waals surface area contributed by atoms with Gasteiger partial charge in [-0.05, 0) is 51.0 Å². The third kappa shape index (κ3) is 4.24. The highest BCUT2D eigenvalue weighted by atomic mass is 16.5. The van der Waals surface area contributed by atoms with Crippen molar-refractivity contribution in [2.45, 2.75) is 45.4 Å². The van der Waals surface area contributed by atoms with Crippen LogP contribution >= 0.6 is 0 Å². The molecule has 0 spiro atoms. The predicted molar refractivity (Wildman–Crippen MR) is 123 cm³/mol. The maximum Gasteiger partial charge on any atom is 0.253 e. The van der Waals surface area contributed by atoms with Crippen molar-refractivity contribution >= 4 is 11.7 Å². The number of aromatic nitrogens is 3. The molecule has 32 heavy (non-hydrogen) atoms. The van der Waals surface area contributed by atoms with E-state index >= 15 is 0 Å². The Labute approximate surface area is 188 Å². The lowest BCUT2D eigenvalue weighted by Crippen LogP contribution is -2.49. The highest BCUT2D eigenvalue weighted by Gasteiger charge is 2.25. The van der Waals surface area contributed by atoms with Gasteiger partial charge >= 0.3 is 0 Å². The lowest BCUT2D eigenvalue weighted by atomic mass is 10.1. The first-order chi connectivity index (χ1) is 15.6. The largest absolute Gasteiger partial charge is 0.353 e. The van der Waals surface area contributed by atoms with Crippen LogP contribution in [0.2, 0.25) is 0 Å². The van der Waals surface area contributed by atoms with Gasteiger partial charge in [0.2, 0.25) is 11.7 Å². The molecule has 7 heteroatoms. The minimum Gasteiger partial charge on any atom is -0.353 e. The molecule has 0 radical (unpaired) electrons. The van der Waals surface area contributed by atoms with Crippen LogP contribution in [0, 0.1) is 13.8 Å².